The normalized spacial score (nSPS) is 17.6. The van der Waals surface area contributed by atoms with Gasteiger partial charge in [-0.1, -0.05) is 5.16 Å². The predicted octanol–water partition coefficient (Wildman–Crippen LogP) is 1.23. The van der Waals surface area contributed by atoms with Crippen molar-refractivity contribution in [3.8, 4) is 0 Å². The van der Waals surface area contributed by atoms with Gasteiger partial charge < -0.3 is 4.52 Å². The quantitative estimate of drug-likeness (QED) is 0.756. The summed E-state index contributed by atoms with van der Waals surface area (Å²) in [5.74, 6) is -1.11. The molecule has 9 nitrogen and oxygen atoms in total. The van der Waals surface area contributed by atoms with E-state index in [1.807, 2.05) is 0 Å². The highest BCUT2D eigenvalue weighted by Crippen LogP contribution is 2.30. The van der Waals surface area contributed by atoms with Gasteiger partial charge >= 0.3 is 11.9 Å². The summed E-state index contributed by atoms with van der Waals surface area (Å²) in [7, 11) is -2.83. The molecule has 3 heterocycles. The lowest BCUT2D eigenvalue weighted by atomic mass is 10.1. The third-order valence-corrected chi connectivity index (χ3v) is 6.74. The highest BCUT2D eigenvalue weighted by atomic mass is 32.2. The molecule has 0 amide bonds. The van der Waals surface area contributed by atoms with Gasteiger partial charge in [-0.3, -0.25) is 4.57 Å². The maximum absolute atomic E-state index is 12.9. The van der Waals surface area contributed by atoms with E-state index in [4.69, 9.17) is 4.52 Å². The molecular formula is C14H18F3N5O4S. The lowest BCUT2D eigenvalue weighted by Crippen LogP contribution is -2.41. The van der Waals surface area contributed by atoms with Gasteiger partial charge in [0, 0.05) is 20.1 Å². The largest absolute Gasteiger partial charge is 0.451 e. The van der Waals surface area contributed by atoms with Gasteiger partial charge in [0.1, 0.15) is 10.6 Å². The molecule has 0 aromatic carbocycles. The van der Waals surface area contributed by atoms with Crippen molar-refractivity contribution in [3.05, 3.63) is 27.8 Å². The van der Waals surface area contributed by atoms with E-state index in [-0.39, 0.29) is 42.3 Å². The van der Waals surface area contributed by atoms with Crippen LogP contribution in [0.1, 0.15) is 36.2 Å². The number of alkyl halides is 3. The van der Waals surface area contributed by atoms with Crippen molar-refractivity contribution in [3.63, 3.8) is 0 Å². The Morgan fingerprint density at radius 2 is 1.78 bits per heavy atom. The molecule has 1 fully saturated rings. The van der Waals surface area contributed by atoms with Gasteiger partial charge in [-0.2, -0.15) is 17.5 Å². The molecule has 2 aromatic heterocycles. The Kier molecular flexibility index (Phi) is 4.70. The zero-order chi connectivity index (χ0) is 20.1. The zero-order valence-corrected chi connectivity index (χ0v) is 15.6. The fourth-order valence-corrected chi connectivity index (χ4v) is 5.00. The second-order valence-electron chi connectivity index (χ2n) is 6.40. The predicted molar refractivity (Wildman–Crippen MR) is 85.5 cm³/mol. The van der Waals surface area contributed by atoms with Gasteiger partial charge in [0.25, 0.3) is 0 Å². The van der Waals surface area contributed by atoms with Gasteiger partial charge in [0.15, 0.2) is 5.76 Å². The standard InChI is InChI=1S/C14H18F3N5O4S/c1-8-11(9(2)26-19-8)27(24,25)21-6-4-10(5-7-21)22-13(23)20(3)12(18-22)14(15,16)17/h10H,4-7H2,1-3H3. The molecule has 0 spiro atoms. The SMILES string of the molecule is Cc1noc(C)c1S(=O)(=O)N1CCC(n2nc(C(F)(F)F)n(C)c2=O)CC1. The molecule has 0 radical (unpaired) electrons. The zero-order valence-electron chi connectivity index (χ0n) is 14.8. The molecule has 1 saturated heterocycles. The summed E-state index contributed by atoms with van der Waals surface area (Å²) in [6.07, 6.45) is -4.42. The number of rotatable bonds is 3. The van der Waals surface area contributed by atoms with Crippen LogP contribution in [-0.2, 0) is 23.2 Å². The molecule has 150 valence electrons. The number of sulfonamides is 1. The summed E-state index contributed by atoms with van der Waals surface area (Å²) in [4.78, 5) is 12.1. The number of aryl methyl sites for hydroxylation is 2. The number of nitrogens with zero attached hydrogens (tertiary/aromatic N) is 5. The number of halogens is 3. The topological polar surface area (TPSA) is 103 Å². The Bertz CT molecular complexity index is 993. The summed E-state index contributed by atoms with van der Waals surface area (Å²) in [6.45, 7) is 3.09. The Balaban J connectivity index is 1.82. The third-order valence-electron chi connectivity index (χ3n) is 4.59. The summed E-state index contributed by atoms with van der Waals surface area (Å²) in [5.41, 5.74) is -0.639. The van der Waals surface area contributed by atoms with Crippen molar-refractivity contribution in [2.75, 3.05) is 13.1 Å². The van der Waals surface area contributed by atoms with Gasteiger partial charge in [-0.05, 0) is 26.7 Å². The molecule has 13 heteroatoms. The van der Waals surface area contributed by atoms with Crippen LogP contribution >= 0.6 is 0 Å². The second kappa shape index (κ2) is 6.48. The van der Waals surface area contributed by atoms with Crippen molar-refractivity contribution in [2.45, 2.75) is 43.8 Å². The fraction of sp³-hybridized carbons (Fsp3) is 0.643. The van der Waals surface area contributed by atoms with Gasteiger partial charge in [-0.15, -0.1) is 5.10 Å². The molecule has 0 atom stereocenters. The van der Waals surface area contributed by atoms with Crippen LogP contribution in [0.15, 0.2) is 14.2 Å². The summed E-state index contributed by atoms with van der Waals surface area (Å²) in [6, 6.07) is -0.615. The molecule has 0 bridgehead atoms. The van der Waals surface area contributed by atoms with Crippen LogP contribution in [0.3, 0.4) is 0 Å². The van der Waals surface area contributed by atoms with Crippen LogP contribution in [0, 0.1) is 13.8 Å². The molecule has 0 N–H and O–H groups in total. The van der Waals surface area contributed by atoms with Crippen molar-refractivity contribution in [2.24, 2.45) is 7.05 Å². The molecule has 0 unspecified atom stereocenters. The van der Waals surface area contributed by atoms with Gasteiger partial charge in [-0.25, -0.2) is 17.9 Å². The van der Waals surface area contributed by atoms with Crippen molar-refractivity contribution in [1.29, 1.82) is 0 Å². The van der Waals surface area contributed by atoms with E-state index in [9.17, 15) is 26.4 Å². The van der Waals surface area contributed by atoms with Crippen LogP contribution in [0.5, 0.6) is 0 Å². The summed E-state index contributed by atoms with van der Waals surface area (Å²) >= 11 is 0. The maximum Gasteiger partial charge on any atom is 0.451 e. The average Bonchev–Trinajstić information content (AvgIpc) is 3.07. The highest BCUT2D eigenvalue weighted by Gasteiger charge is 2.40. The monoisotopic (exact) mass is 409 g/mol. The molecule has 2 aromatic rings. The maximum atomic E-state index is 12.9. The molecule has 27 heavy (non-hydrogen) atoms. The number of aromatic nitrogens is 4. The average molecular weight is 409 g/mol. The van der Waals surface area contributed by atoms with E-state index < -0.39 is 33.8 Å². The van der Waals surface area contributed by atoms with Gasteiger partial charge in [0.2, 0.25) is 15.8 Å². The summed E-state index contributed by atoms with van der Waals surface area (Å²) in [5, 5.41) is 7.06. The first kappa shape index (κ1) is 19.6. The molecule has 0 aliphatic carbocycles. The van der Waals surface area contributed by atoms with Crippen LogP contribution in [0.25, 0.3) is 0 Å². The fourth-order valence-electron chi connectivity index (χ4n) is 3.24. The van der Waals surface area contributed by atoms with Crippen LogP contribution in [0.4, 0.5) is 13.2 Å². The van der Waals surface area contributed by atoms with Crippen molar-refractivity contribution in [1.82, 2.24) is 23.8 Å². The van der Waals surface area contributed by atoms with Gasteiger partial charge in [0.05, 0.1) is 6.04 Å². The van der Waals surface area contributed by atoms with Crippen molar-refractivity contribution >= 4 is 10.0 Å². The van der Waals surface area contributed by atoms with E-state index in [1.54, 1.807) is 0 Å². The lowest BCUT2D eigenvalue weighted by Gasteiger charge is -2.30. The second-order valence-corrected chi connectivity index (χ2v) is 8.27. The number of piperidine rings is 1. The molecule has 0 saturated carbocycles. The Hall–Kier alpha value is -2.15. The molecular weight excluding hydrogens is 391 g/mol. The minimum absolute atomic E-state index is 0.00434. The Labute approximate surface area is 152 Å². The van der Waals surface area contributed by atoms with E-state index >= 15 is 0 Å². The Morgan fingerprint density at radius 3 is 2.22 bits per heavy atom. The Morgan fingerprint density at radius 1 is 1.19 bits per heavy atom. The highest BCUT2D eigenvalue weighted by molar-refractivity contribution is 7.89. The van der Waals surface area contributed by atoms with Crippen LogP contribution in [0.2, 0.25) is 0 Å². The lowest BCUT2D eigenvalue weighted by molar-refractivity contribution is -0.147. The van der Waals surface area contributed by atoms with E-state index in [0.29, 0.717) is 4.57 Å². The van der Waals surface area contributed by atoms with E-state index in [0.717, 1.165) is 11.7 Å². The molecule has 1 aliphatic rings. The van der Waals surface area contributed by atoms with Crippen LogP contribution in [-0.4, -0.2) is 45.3 Å². The molecule has 3 rings (SSSR count). The molecule has 1 aliphatic heterocycles. The van der Waals surface area contributed by atoms with Crippen LogP contribution < -0.4 is 5.69 Å². The third kappa shape index (κ3) is 3.29. The number of hydrogen-bond acceptors (Lipinski definition) is 6. The first-order valence-corrected chi connectivity index (χ1v) is 9.54. The minimum atomic E-state index is -4.74. The summed E-state index contributed by atoms with van der Waals surface area (Å²) < 4.78 is 71.7. The number of hydrogen-bond donors (Lipinski definition) is 0. The van der Waals surface area contributed by atoms with Crippen molar-refractivity contribution < 1.29 is 26.1 Å². The van der Waals surface area contributed by atoms with E-state index in [1.165, 1.54) is 18.2 Å². The smallest absolute Gasteiger partial charge is 0.360 e. The minimum Gasteiger partial charge on any atom is -0.360 e. The first-order valence-electron chi connectivity index (χ1n) is 8.10. The first-order chi connectivity index (χ1) is 12.4. The van der Waals surface area contributed by atoms with E-state index in [2.05, 4.69) is 10.3 Å².